The lowest BCUT2D eigenvalue weighted by Gasteiger charge is -2.36. The minimum absolute atomic E-state index is 0.175. The van der Waals surface area contributed by atoms with Crippen LogP contribution in [0.2, 0.25) is 0 Å². The van der Waals surface area contributed by atoms with E-state index in [-0.39, 0.29) is 10.6 Å². The largest absolute Gasteiger partial charge is 0.593 e. The predicted octanol–water partition coefficient (Wildman–Crippen LogP) is 3.62. The maximum absolute atomic E-state index is 12.8. The quantitative estimate of drug-likeness (QED) is 0.577. The van der Waals surface area contributed by atoms with Gasteiger partial charge in [-0.1, -0.05) is 4.21 Å². The molecule has 0 bridgehead atoms. The second-order valence-electron chi connectivity index (χ2n) is 6.00. The van der Waals surface area contributed by atoms with Gasteiger partial charge < -0.3 is 4.55 Å². The van der Waals surface area contributed by atoms with Gasteiger partial charge in [-0.05, 0) is 63.4 Å². The molecule has 0 aromatic rings. The van der Waals surface area contributed by atoms with Crippen LogP contribution in [-0.4, -0.2) is 26.0 Å². The molecule has 1 fully saturated rings. The molecule has 0 amide bonds. The van der Waals surface area contributed by atoms with Crippen molar-refractivity contribution in [2.45, 2.75) is 68.4 Å². The molecule has 0 radical (unpaired) electrons. The van der Waals surface area contributed by atoms with Crippen LogP contribution in [0.25, 0.3) is 0 Å². The van der Waals surface area contributed by atoms with Gasteiger partial charge in [-0.2, -0.15) is 4.31 Å². The molecule has 19 heavy (non-hydrogen) atoms. The zero-order chi connectivity index (χ0) is 13.5. The van der Waals surface area contributed by atoms with Crippen LogP contribution in [-0.2, 0) is 14.6 Å². The Kier molecular flexibility index (Phi) is 3.93. The van der Waals surface area contributed by atoms with Gasteiger partial charge in [0.1, 0.15) is 5.25 Å². The van der Waals surface area contributed by atoms with Crippen LogP contribution in [0.15, 0.2) is 11.3 Å². The fourth-order valence-corrected chi connectivity index (χ4v) is 6.03. The number of alkyl halides is 1. The SMILES string of the molecule is O=[S+]([O-])(C1CCC(Cl)CC1)N1CCC2=C1CCCC2. The molecule has 0 aromatic carbocycles. The Hall–Kier alpha value is -0.0600. The first-order valence-electron chi connectivity index (χ1n) is 7.45. The van der Waals surface area contributed by atoms with Crippen LogP contribution < -0.4 is 0 Å². The molecule has 3 nitrogen and oxygen atoms in total. The first kappa shape index (κ1) is 13.9. The van der Waals surface area contributed by atoms with E-state index < -0.39 is 10.4 Å². The smallest absolute Gasteiger partial charge is 0.150 e. The summed E-state index contributed by atoms with van der Waals surface area (Å²) in [6.45, 7) is 0.688. The second kappa shape index (κ2) is 5.38. The van der Waals surface area contributed by atoms with Gasteiger partial charge in [-0.3, -0.25) is 0 Å². The van der Waals surface area contributed by atoms with Crippen LogP contribution in [0.5, 0.6) is 0 Å². The molecule has 0 saturated heterocycles. The van der Waals surface area contributed by atoms with Crippen molar-refractivity contribution in [1.29, 1.82) is 0 Å². The van der Waals surface area contributed by atoms with E-state index in [0.717, 1.165) is 57.1 Å². The standard InChI is InChI=1S/C14H22ClNO2S/c15-12-5-7-13(8-6-12)19(17,18)16-10-9-11-3-1-2-4-14(11)16/h12-13H,1-10H2. The van der Waals surface area contributed by atoms with Gasteiger partial charge >= 0.3 is 0 Å². The Morgan fingerprint density at radius 3 is 2.53 bits per heavy atom. The summed E-state index contributed by atoms with van der Waals surface area (Å²) >= 11 is 6.08. The average Bonchev–Trinajstić information content (AvgIpc) is 2.83. The number of allylic oxidation sites excluding steroid dienone is 1. The fourth-order valence-electron chi connectivity index (χ4n) is 3.67. The maximum Gasteiger partial charge on any atom is 0.150 e. The highest BCUT2D eigenvalue weighted by atomic mass is 35.5. The Labute approximate surface area is 121 Å². The summed E-state index contributed by atoms with van der Waals surface area (Å²) in [5.41, 5.74) is 2.54. The molecule has 108 valence electrons. The molecule has 1 heterocycles. The zero-order valence-corrected chi connectivity index (χ0v) is 12.8. The summed E-state index contributed by atoms with van der Waals surface area (Å²) in [4.78, 5) is 0. The third kappa shape index (κ3) is 2.59. The van der Waals surface area contributed by atoms with Crippen molar-refractivity contribution in [2.24, 2.45) is 0 Å². The summed E-state index contributed by atoms with van der Waals surface area (Å²) in [6, 6.07) is 0. The summed E-state index contributed by atoms with van der Waals surface area (Å²) in [5, 5.41) is -0.0224. The maximum atomic E-state index is 12.8. The minimum atomic E-state index is -3.14. The Balaban J connectivity index is 1.77. The lowest BCUT2D eigenvalue weighted by molar-refractivity contribution is 0.367. The number of halogens is 1. The molecule has 0 aromatic heterocycles. The van der Waals surface area contributed by atoms with Crippen molar-refractivity contribution in [3.63, 3.8) is 0 Å². The van der Waals surface area contributed by atoms with Gasteiger partial charge in [0.05, 0.1) is 12.2 Å². The van der Waals surface area contributed by atoms with Crippen LogP contribution in [0, 0.1) is 0 Å². The molecular weight excluding hydrogens is 282 g/mol. The molecular formula is C14H22ClNO2S. The second-order valence-corrected chi connectivity index (χ2v) is 8.75. The number of rotatable bonds is 2. The molecule has 3 rings (SSSR count). The molecule has 2 aliphatic carbocycles. The highest BCUT2D eigenvalue weighted by Gasteiger charge is 2.43. The highest BCUT2D eigenvalue weighted by Crippen LogP contribution is 2.41. The van der Waals surface area contributed by atoms with Crippen LogP contribution in [0.3, 0.4) is 0 Å². The first-order valence-corrected chi connectivity index (χ1v) is 9.39. The van der Waals surface area contributed by atoms with Crippen molar-refractivity contribution in [3.8, 4) is 0 Å². The third-order valence-electron chi connectivity index (χ3n) is 4.80. The van der Waals surface area contributed by atoms with Crippen molar-refractivity contribution in [3.05, 3.63) is 11.3 Å². The highest BCUT2D eigenvalue weighted by molar-refractivity contribution is 7.96. The molecule has 1 atom stereocenters. The number of sulfonamides is 1. The lowest BCUT2D eigenvalue weighted by Crippen LogP contribution is -2.44. The van der Waals surface area contributed by atoms with Crippen molar-refractivity contribution >= 4 is 22.0 Å². The van der Waals surface area contributed by atoms with Gasteiger partial charge in [0.2, 0.25) is 0 Å². The molecule has 1 saturated carbocycles. The number of hydrogen-bond donors (Lipinski definition) is 0. The average molecular weight is 304 g/mol. The molecule has 0 spiro atoms. The topological polar surface area (TPSA) is 43.4 Å². The van der Waals surface area contributed by atoms with E-state index in [9.17, 15) is 8.76 Å². The van der Waals surface area contributed by atoms with Crippen molar-refractivity contribution in [1.82, 2.24) is 4.31 Å². The zero-order valence-electron chi connectivity index (χ0n) is 11.3. The Bertz CT molecular complexity index is 429. The van der Waals surface area contributed by atoms with Crippen LogP contribution in [0.1, 0.15) is 57.8 Å². The van der Waals surface area contributed by atoms with E-state index in [1.54, 1.807) is 4.31 Å². The van der Waals surface area contributed by atoms with Gasteiger partial charge in [-0.25, -0.2) is 0 Å². The first-order chi connectivity index (χ1) is 9.09. The van der Waals surface area contributed by atoms with E-state index >= 15 is 0 Å². The summed E-state index contributed by atoms with van der Waals surface area (Å²) in [7, 11) is -3.14. The Morgan fingerprint density at radius 1 is 1.11 bits per heavy atom. The monoisotopic (exact) mass is 303 g/mol. The summed E-state index contributed by atoms with van der Waals surface area (Å²) in [6.07, 6.45) is 8.53. The normalized spacial score (nSPS) is 35.2. The van der Waals surface area contributed by atoms with Crippen molar-refractivity contribution in [2.75, 3.05) is 6.54 Å². The molecule has 1 unspecified atom stereocenters. The van der Waals surface area contributed by atoms with Crippen molar-refractivity contribution < 1.29 is 8.76 Å². The van der Waals surface area contributed by atoms with Gasteiger partial charge in [0, 0.05) is 5.38 Å². The molecule has 5 heteroatoms. The van der Waals surface area contributed by atoms with E-state index in [4.69, 9.17) is 11.6 Å². The van der Waals surface area contributed by atoms with E-state index in [0.29, 0.717) is 6.54 Å². The number of nitrogens with zero attached hydrogens (tertiary/aromatic N) is 1. The van der Waals surface area contributed by atoms with Gasteiger partial charge in [0.25, 0.3) is 0 Å². The predicted molar refractivity (Wildman–Crippen MR) is 77.5 cm³/mol. The molecule has 3 aliphatic rings. The van der Waals surface area contributed by atoms with E-state index in [1.807, 2.05) is 0 Å². The molecule has 1 aliphatic heterocycles. The third-order valence-corrected chi connectivity index (χ3v) is 7.57. The van der Waals surface area contributed by atoms with Crippen LogP contribution in [0.4, 0.5) is 0 Å². The fraction of sp³-hybridized carbons (Fsp3) is 0.857. The van der Waals surface area contributed by atoms with Gasteiger partial charge in [0.15, 0.2) is 10.4 Å². The summed E-state index contributed by atoms with van der Waals surface area (Å²) in [5.74, 6) is 0. The number of hydrogen-bond acceptors (Lipinski definition) is 2. The van der Waals surface area contributed by atoms with E-state index in [1.165, 1.54) is 12.0 Å². The summed E-state index contributed by atoms with van der Waals surface area (Å²) < 4.78 is 27.3. The Morgan fingerprint density at radius 2 is 1.79 bits per heavy atom. The van der Waals surface area contributed by atoms with Gasteiger partial charge in [-0.15, -0.1) is 11.6 Å². The lowest BCUT2D eigenvalue weighted by atomic mass is 9.97. The minimum Gasteiger partial charge on any atom is -0.593 e. The van der Waals surface area contributed by atoms with E-state index in [2.05, 4.69) is 0 Å². The van der Waals surface area contributed by atoms with Crippen LogP contribution >= 0.6 is 11.6 Å². The molecule has 0 N–H and O–H groups in total.